The van der Waals surface area contributed by atoms with E-state index < -0.39 is 0 Å². The molecule has 2 heteroatoms. The number of benzene rings is 1. The second kappa shape index (κ2) is 4.88. The molecule has 0 amide bonds. The maximum absolute atomic E-state index is 3.41. The number of aromatic amines is 1. The third kappa shape index (κ3) is 2.66. The van der Waals surface area contributed by atoms with Gasteiger partial charge in [0.2, 0.25) is 0 Å². The summed E-state index contributed by atoms with van der Waals surface area (Å²) in [5, 5.41) is 3.41. The van der Waals surface area contributed by atoms with Gasteiger partial charge in [-0.25, -0.2) is 0 Å². The lowest BCUT2D eigenvalue weighted by atomic mass is 10.0. The highest BCUT2D eigenvalue weighted by Gasteiger charge is 2.00. The van der Waals surface area contributed by atoms with Crippen molar-refractivity contribution in [1.29, 1.82) is 0 Å². The van der Waals surface area contributed by atoms with Gasteiger partial charge in [-0.2, -0.15) is 0 Å². The van der Waals surface area contributed by atoms with E-state index in [0.29, 0.717) is 5.92 Å². The van der Waals surface area contributed by atoms with Crippen LogP contribution in [0.4, 0.5) is 5.69 Å². The van der Waals surface area contributed by atoms with Gasteiger partial charge in [-0.05, 0) is 35.7 Å². The van der Waals surface area contributed by atoms with Crippen molar-refractivity contribution >= 4 is 5.69 Å². The molecule has 0 aliphatic heterocycles. The lowest BCUT2D eigenvalue weighted by Gasteiger charge is -2.09. The van der Waals surface area contributed by atoms with E-state index in [0.717, 1.165) is 6.54 Å². The van der Waals surface area contributed by atoms with Crippen LogP contribution in [0.5, 0.6) is 0 Å². The molecule has 1 aromatic carbocycles. The monoisotopic (exact) mass is 214 g/mol. The van der Waals surface area contributed by atoms with Crippen molar-refractivity contribution in [3.8, 4) is 0 Å². The molecule has 0 atom stereocenters. The van der Waals surface area contributed by atoms with Crippen LogP contribution in [0, 0.1) is 0 Å². The fourth-order valence-corrected chi connectivity index (χ4v) is 1.68. The summed E-state index contributed by atoms with van der Waals surface area (Å²) in [6.45, 7) is 5.27. The van der Waals surface area contributed by atoms with Gasteiger partial charge < -0.3 is 10.3 Å². The first kappa shape index (κ1) is 10.8. The molecular formula is C14H18N2. The van der Waals surface area contributed by atoms with Crippen molar-refractivity contribution in [1.82, 2.24) is 4.98 Å². The molecule has 16 heavy (non-hydrogen) atoms. The summed E-state index contributed by atoms with van der Waals surface area (Å²) in [5.41, 5.74) is 3.76. The predicted molar refractivity (Wildman–Crippen MR) is 68.7 cm³/mol. The summed E-state index contributed by atoms with van der Waals surface area (Å²) in [5.74, 6) is 0.576. The van der Waals surface area contributed by atoms with Crippen LogP contribution in [0.25, 0.3) is 0 Å². The van der Waals surface area contributed by atoms with Crippen molar-refractivity contribution in [3.05, 3.63) is 53.9 Å². The first-order valence-corrected chi connectivity index (χ1v) is 5.72. The normalized spacial score (nSPS) is 10.7. The largest absolute Gasteiger partial charge is 0.379 e. The highest BCUT2D eigenvalue weighted by Crippen LogP contribution is 2.18. The molecule has 2 N–H and O–H groups in total. The number of nitrogens with one attached hydrogen (secondary N) is 2. The number of aromatic nitrogens is 1. The van der Waals surface area contributed by atoms with E-state index in [9.17, 15) is 0 Å². The summed E-state index contributed by atoms with van der Waals surface area (Å²) in [6, 6.07) is 12.7. The Bertz CT molecular complexity index is 430. The molecule has 0 aliphatic carbocycles. The van der Waals surface area contributed by atoms with Crippen LogP contribution < -0.4 is 5.32 Å². The summed E-state index contributed by atoms with van der Waals surface area (Å²) in [7, 11) is 0. The molecule has 0 fully saturated rings. The maximum atomic E-state index is 3.41. The Balaban J connectivity index is 2.01. The Morgan fingerprint density at radius 1 is 1.19 bits per heavy atom. The number of hydrogen-bond donors (Lipinski definition) is 2. The van der Waals surface area contributed by atoms with Crippen LogP contribution in [0.1, 0.15) is 31.0 Å². The van der Waals surface area contributed by atoms with E-state index in [1.807, 2.05) is 12.3 Å². The molecule has 0 radical (unpaired) electrons. The molecule has 0 bridgehead atoms. The fraction of sp³-hybridized carbons (Fsp3) is 0.286. The molecule has 0 saturated carbocycles. The minimum atomic E-state index is 0.576. The molecule has 0 saturated heterocycles. The van der Waals surface area contributed by atoms with Crippen molar-refractivity contribution in [2.24, 2.45) is 0 Å². The second-order valence-electron chi connectivity index (χ2n) is 4.33. The standard InChI is InChI=1S/C14H18N2/c1-11(2)12-5-3-6-13(9-12)16-10-14-7-4-8-15-14/h3-9,11,15-16H,10H2,1-2H3. The number of anilines is 1. The predicted octanol–water partition coefficient (Wildman–Crippen LogP) is 3.75. The van der Waals surface area contributed by atoms with E-state index in [-0.39, 0.29) is 0 Å². The van der Waals surface area contributed by atoms with Gasteiger partial charge in [0.05, 0.1) is 6.54 Å². The highest BCUT2D eigenvalue weighted by molar-refractivity contribution is 5.46. The third-order valence-corrected chi connectivity index (χ3v) is 2.70. The molecule has 1 heterocycles. The Morgan fingerprint density at radius 2 is 2.06 bits per heavy atom. The van der Waals surface area contributed by atoms with Crippen LogP contribution in [-0.4, -0.2) is 4.98 Å². The molecule has 2 aromatic rings. The zero-order valence-corrected chi connectivity index (χ0v) is 9.83. The molecular weight excluding hydrogens is 196 g/mol. The van der Waals surface area contributed by atoms with E-state index >= 15 is 0 Å². The van der Waals surface area contributed by atoms with Gasteiger partial charge in [0, 0.05) is 17.6 Å². The summed E-state index contributed by atoms with van der Waals surface area (Å²) in [6.07, 6.45) is 1.95. The summed E-state index contributed by atoms with van der Waals surface area (Å²) >= 11 is 0. The first-order chi connectivity index (χ1) is 7.75. The highest BCUT2D eigenvalue weighted by atomic mass is 14.9. The van der Waals surface area contributed by atoms with Crippen molar-refractivity contribution in [3.63, 3.8) is 0 Å². The van der Waals surface area contributed by atoms with Gasteiger partial charge in [0.25, 0.3) is 0 Å². The zero-order chi connectivity index (χ0) is 11.4. The minimum Gasteiger partial charge on any atom is -0.379 e. The van der Waals surface area contributed by atoms with E-state index in [1.54, 1.807) is 0 Å². The van der Waals surface area contributed by atoms with Gasteiger partial charge in [-0.3, -0.25) is 0 Å². The maximum Gasteiger partial charge on any atom is 0.0551 e. The molecule has 0 unspecified atom stereocenters. The fourth-order valence-electron chi connectivity index (χ4n) is 1.68. The van der Waals surface area contributed by atoms with Crippen molar-refractivity contribution in [2.45, 2.75) is 26.3 Å². The molecule has 2 nitrogen and oxygen atoms in total. The quantitative estimate of drug-likeness (QED) is 0.797. The van der Waals surface area contributed by atoms with Gasteiger partial charge in [0.1, 0.15) is 0 Å². The molecule has 1 aromatic heterocycles. The number of rotatable bonds is 4. The molecule has 0 spiro atoms. The number of H-pyrrole nitrogens is 1. The molecule has 84 valence electrons. The van der Waals surface area contributed by atoms with Gasteiger partial charge in [0.15, 0.2) is 0 Å². The van der Waals surface area contributed by atoms with E-state index in [1.165, 1.54) is 16.9 Å². The second-order valence-corrected chi connectivity index (χ2v) is 4.33. The van der Waals surface area contributed by atoms with Gasteiger partial charge in [-0.15, -0.1) is 0 Å². The topological polar surface area (TPSA) is 27.8 Å². The van der Waals surface area contributed by atoms with Crippen LogP contribution in [0.2, 0.25) is 0 Å². The first-order valence-electron chi connectivity index (χ1n) is 5.72. The van der Waals surface area contributed by atoms with Crippen LogP contribution >= 0.6 is 0 Å². The lowest BCUT2D eigenvalue weighted by Crippen LogP contribution is -2.00. The average Bonchev–Trinajstić information content (AvgIpc) is 2.79. The van der Waals surface area contributed by atoms with Crippen LogP contribution in [-0.2, 0) is 6.54 Å². The summed E-state index contributed by atoms with van der Waals surface area (Å²) < 4.78 is 0. The average molecular weight is 214 g/mol. The van der Waals surface area contributed by atoms with E-state index in [2.05, 4.69) is 54.5 Å². The van der Waals surface area contributed by atoms with Gasteiger partial charge in [-0.1, -0.05) is 26.0 Å². The Labute approximate surface area is 96.7 Å². The van der Waals surface area contributed by atoms with Crippen molar-refractivity contribution in [2.75, 3.05) is 5.32 Å². The SMILES string of the molecule is CC(C)c1cccc(NCc2ccc[nH]2)c1. The third-order valence-electron chi connectivity index (χ3n) is 2.70. The Morgan fingerprint density at radius 3 is 2.75 bits per heavy atom. The number of hydrogen-bond acceptors (Lipinski definition) is 1. The van der Waals surface area contributed by atoms with Crippen LogP contribution in [0.3, 0.4) is 0 Å². The smallest absolute Gasteiger partial charge is 0.0551 e. The van der Waals surface area contributed by atoms with E-state index in [4.69, 9.17) is 0 Å². The Kier molecular flexibility index (Phi) is 3.30. The molecule has 0 aliphatic rings. The molecule has 2 rings (SSSR count). The van der Waals surface area contributed by atoms with Gasteiger partial charge >= 0.3 is 0 Å². The Hall–Kier alpha value is -1.70. The van der Waals surface area contributed by atoms with Crippen molar-refractivity contribution < 1.29 is 0 Å². The lowest BCUT2D eigenvalue weighted by molar-refractivity contribution is 0.866. The summed E-state index contributed by atoms with van der Waals surface area (Å²) in [4.78, 5) is 3.18. The zero-order valence-electron chi connectivity index (χ0n) is 9.83. The van der Waals surface area contributed by atoms with Crippen LogP contribution in [0.15, 0.2) is 42.6 Å². The minimum absolute atomic E-state index is 0.576.